The summed E-state index contributed by atoms with van der Waals surface area (Å²) in [5.41, 5.74) is 3.62. The quantitative estimate of drug-likeness (QED) is 0.636. The normalized spacial score (nSPS) is 15.2. The van der Waals surface area contributed by atoms with E-state index in [1.807, 2.05) is 12.1 Å². The van der Waals surface area contributed by atoms with Gasteiger partial charge in [-0.3, -0.25) is 4.79 Å². The molecule has 1 aliphatic carbocycles. The summed E-state index contributed by atoms with van der Waals surface area (Å²) in [6, 6.07) is 6.16. The first kappa shape index (κ1) is 14.8. The predicted octanol–water partition coefficient (Wildman–Crippen LogP) is 3.49. The number of ether oxygens (including phenoxy) is 1. The van der Waals surface area contributed by atoms with Crippen LogP contribution in [-0.4, -0.2) is 18.6 Å². The Bertz CT molecular complexity index is 482. The lowest BCUT2D eigenvalue weighted by Crippen LogP contribution is -2.28. The molecule has 0 heterocycles. The van der Waals surface area contributed by atoms with E-state index in [0.29, 0.717) is 6.61 Å². The fraction of sp³-hybridized carbons (Fsp3) is 0.471. The summed E-state index contributed by atoms with van der Waals surface area (Å²) in [4.78, 5) is 12.1. The lowest BCUT2D eigenvalue weighted by molar-refractivity contribution is -0.126. The Labute approximate surface area is 121 Å². The van der Waals surface area contributed by atoms with E-state index in [-0.39, 0.29) is 5.91 Å². The maximum atomic E-state index is 12.1. The number of amides is 1. The Balaban J connectivity index is 1.99. The Hall–Kier alpha value is -1.61. The van der Waals surface area contributed by atoms with Crippen molar-refractivity contribution in [2.24, 2.45) is 0 Å². The second-order valence-corrected chi connectivity index (χ2v) is 5.23. The van der Waals surface area contributed by atoms with Crippen LogP contribution in [0.5, 0.6) is 0 Å². The highest BCUT2D eigenvalue weighted by Gasteiger charge is 2.17. The van der Waals surface area contributed by atoms with Crippen molar-refractivity contribution in [1.29, 1.82) is 0 Å². The molecular formula is C17H23NO2. The van der Waals surface area contributed by atoms with Crippen LogP contribution < -0.4 is 5.32 Å². The van der Waals surface area contributed by atoms with E-state index in [0.717, 1.165) is 24.9 Å². The standard InChI is InChI=1S/C17H23NO2/c1-3-4-12-20-13(2)17(19)18-16-11-7-9-14-8-5-6-10-15(14)16/h3,7,9,11,13H,1,4-6,8,10,12H2,2H3,(H,18,19)/t13-/m1/s1. The largest absolute Gasteiger partial charge is 0.368 e. The SMILES string of the molecule is C=CCCO[C@H](C)C(=O)Nc1cccc2c1CCCC2. The van der Waals surface area contributed by atoms with Crippen LogP contribution in [-0.2, 0) is 22.4 Å². The van der Waals surface area contributed by atoms with Crippen LogP contribution in [0, 0.1) is 0 Å². The summed E-state index contributed by atoms with van der Waals surface area (Å²) >= 11 is 0. The summed E-state index contributed by atoms with van der Waals surface area (Å²) in [6.07, 6.45) is 6.73. The lowest BCUT2D eigenvalue weighted by atomic mass is 9.90. The monoisotopic (exact) mass is 273 g/mol. The van der Waals surface area contributed by atoms with Gasteiger partial charge in [-0.1, -0.05) is 18.2 Å². The molecule has 0 aromatic heterocycles. The maximum Gasteiger partial charge on any atom is 0.253 e. The fourth-order valence-electron chi connectivity index (χ4n) is 2.54. The highest BCUT2D eigenvalue weighted by atomic mass is 16.5. The predicted molar refractivity (Wildman–Crippen MR) is 81.9 cm³/mol. The highest BCUT2D eigenvalue weighted by Crippen LogP contribution is 2.27. The number of carbonyl (C=O) groups is 1. The molecule has 2 rings (SSSR count). The van der Waals surface area contributed by atoms with Crippen molar-refractivity contribution in [3.8, 4) is 0 Å². The average molecular weight is 273 g/mol. The van der Waals surface area contributed by atoms with Gasteiger partial charge >= 0.3 is 0 Å². The number of anilines is 1. The molecule has 20 heavy (non-hydrogen) atoms. The van der Waals surface area contributed by atoms with Crippen molar-refractivity contribution >= 4 is 11.6 Å². The Morgan fingerprint density at radius 2 is 2.25 bits per heavy atom. The van der Waals surface area contributed by atoms with Crippen molar-refractivity contribution in [2.45, 2.75) is 45.1 Å². The number of nitrogens with one attached hydrogen (secondary N) is 1. The molecular weight excluding hydrogens is 250 g/mol. The topological polar surface area (TPSA) is 38.3 Å². The molecule has 1 aromatic carbocycles. The van der Waals surface area contributed by atoms with Gasteiger partial charge in [0.2, 0.25) is 0 Å². The molecule has 0 fully saturated rings. The van der Waals surface area contributed by atoms with Crippen LogP contribution in [0.3, 0.4) is 0 Å². The molecule has 0 radical (unpaired) electrons. The van der Waals surface area contributed by atoms with E-state index in [1.54, 1.807) is 13.0 Å². The molecule has 1 N–H and O–H groups in total. The van der Waals surface area contributed by atoms with Gasteiger partial charge in [-0.2, -0.15) is 0 Å². The molecule has 1 aromatic rings. The molecule has 0 unspecified atom stereocenters. The number of hydrogen-bond acceptors (Lipinski definition) is 2. The van der Waals surface area contributed by atoms with Gasteiger partial charge < -0.3 is 10.1 Å². The second-order valence-electron chi connectivity index (χ2n) is 5.23. The molecule has 3 heteroatoms. The van der Waals surface area contributed by atoms with Crippen LogP contribution in [0.1, 0.15) is 37.3 Å². The van der Waals surface area contributed by atoms with Crippen molar-refractivity contribution in [3.05, 3.63) is 42.0 Å². The van der Waals surface area contributed by atoms with E-state index in [4.69, 9.17) is 4.74 Å². The van der Waals surface area contributed by atoms with Crippen molar-refractivity contribution in [1.82, 2.24) is 0 Å². The molecule has 0 spiro atoms. The number of hydrogen-bond donors (Lipinski definition) is 1. The first-order valence-corrected chi connectivity index (χ1v) is 7.36. The van der Waals surface area contributed by atoms with Crippen LogP contribution in [0.4, 0.5) is 5.69 Å². The average Bonchev–Trinajstić information content (AvgIpc) is 2.47. The molecule has 1 amide bonds. The van der Waals surface area contributed by atoms with E-state index in [2.05, 4.69) is 18.0 Å². The molecule has 3 nitrogen and oxygen atoms in total. The highest BCUT2D eigenvalue weighted by molar-refractivity contribution is 5.94. The third-order valence-electron chi connectivity index (χ3n) is 3.71. The van der Waals surface area contributed by atoms with Crippen molar-refractivity contribution in [2.75, 3.05) is 11.9 Å². The van der Waals surface area contributed by atoms with E-state index < -0.39 is 6.10 Å². The van der Waals surface area contributed by atoms with Gasteiger partial charge in [0.25, 0.3) is 5.91 Å². The third kappa shape index (κ3) is 3.70. The molecule has 0 saturated heterocycles. The van der Waals surface area contributed by atoms with Gasteiger partial charge in [-0.15, -0.1) is 6.58 Å². The van der Waals surface area contributed by atoms with Crippen molar-refractivity contribution in [3.63, 3.8) is 0 Å². The zero-order chi connectivity index (χ0) is 14.4. The summed E-state index contributed by atoms with van der Waals surface area (Å²) in [5.74, 6) is -0.0759. The fourth-order valence-corrected chi connectivity index (χ4v) is 2.54. The minimum absolute atomic E-state index is 0.0759. The maximum absolute atomic E-state index is 12.1. The van der Waals surface area contributed by atoms with Crippen LogP contribution >= 0.6 is 0 Å². The summed E-state index contributed by atoms with van der Waals surface area (Å²) in [5, 5.41) is 3.01. The van der Waals surface area contributed by atoms with E-state index >= 15 is 0 Å². The van der Waals surface area contributed by atoms with Crippen LogP contribution in [0.25, 0.3) is 0 Å². The van der Waals surface area contributed by atoms with Gasteiger partial charge in [0.15, 0.2) is 0 Å². The molecule has 0 aliphatic heterocycles. The van der Waals surface area contributed by atoms with E-state index in [9.17, 15) is 4.79 Å². The first-order valence-electron chi connectivity index (χ1n) is 7.36. The summed E-state index contributed by atoms with van der Waals surface area (Å²) < 4.78 is 5.48. The minimum atomic E-state index is -0.436. The number of benzene rings is 1. The number of fused-ring (bicyclic) bond motifs is 1. The molecule has 1 aliphatic rings. The first-order chi connectivity index (χ1) is 9.72. The van der Waals surface area contributed by atoms with Gasteiger partial charge in [0.1, 0.15) is 6.10 Å². The van der Waals surface area contributed by atoms with Crippen LogP contribution in [0.15, 0.2) is 30.9 Å². The molecule has 108 valence electrons. The summed E-state index contributed by atoms with van der Waals surface area (Å²) in [7, 11) is 0. The van der Waals surface area contributed by atoms with Gasteiger partial charge in [-0.25, -0.2) is 0 Å². The molecule has 0 saturated carbocycles. The summed E-state index contributed by atoms with van der Waals surface area (Å²) in [6.45, 7) is 5.96. The zero-order valence-corrected chi connectivity index (χ0v) is 12.2. The number of rotatable bonds is 6. The minimum Gasteiger partial charge on any atom is -0.368 e. The Kier molecular flexibility index (Phi) is 5.36. The molecule has 1 atom stereocenters. The Morgan fingerprint density at radius 1 is 1.45 bits per heavy atom. The number of carbonyl (C=O) groups excluding carboxylic acids is 1. The number of aryl methyl sites for hydroxylation is 1. The Morgan fingerprint density at radius 3 is 3.05 bits per heavy atom. The third-order valence-corrected chi connectivity index (χ3v) is 3.71. The lowest BCUT2D eigenvalue weighted by Gasteiger charge is -2.20. The van der Waals surface area contributed by atoms with Crippen LogP contribution in [0.2, 0.25) is 0 Å². The zero-order valence-electron chi connectivity index (χ0n) is 12.2. The van der Waals surface area contributed by atoms with Crippen molar-refractivity contribution < 1.29 is 9.53 Å². The van der Waals surface area contributed by atoms with E-state index in [1.165, 1.54) is 24.0 Å². The van der Waals surface area contributed by atoms with Gasteiger partial charge in [0, 0.05) is 5.69 Å². The smallest absolute Gasteiger partial charge is 0.253 e. The molecule has 0 bridgehead atoms. The van der Waals surface area contributed by atoms with Gasteiger partial charge in [-0.05, 0) is 56.2 Å². The second kappa shape index (κ2) is 7.25. The van der Waals surface area contributed by atoms with Gasteiger partial charge in [0.05, 0.1) is 6.61 Å².